The average molecular weight is 350 g/mol. The summed E-state index contributed by atoms with van der Waals surface area (Å²) in [5, 5.41) is 37.2. The molecule has 0 rings (SSSR count). The van der Waals surface area contributed by atoms with Crippen molar-refractivity contribution in [1.29, 1.82) is 0 Å². The highest BCUT2D eigenvalue weighted by Gasteiger charge is 2.01. The second kappa shape index (κ2) is 15.6. The van der Waals surface area contributed by atoms with E-state index in [0.29, 0.717) is 25.7 Å². The molecule has 0 aliphatic heterocycles. The Hall–Kier alpha value is -1.95. The number of hydrogen-bond donors (Lipinski definition) is 4. The molecule has 4 N–H and O–H groups in total. The summed E-state index contributed by atoms with van der Waals surface area (Å²) in [6.07, 6.45) is 17.6. The van der Waals surface area contributed by atoms with Crippen molar-refractivity contribution in [2.75, 3.05) is 0 Å². The first-order chi connectivity index (χ1) is 12.0. The van der Waals surface area contributed by atoms with Crippen LogP contribution in [0.2, 0.25) is 0 Å². The molecule has 0 fully saturated rings. The van der Waals surface area contributed by atoms with E-state index in [0.717, 1.165) is 0 Å². The van der Waals surface area contributed by atoms with Gasteiger partial charge in [0.2, 0.25) is 0 Å². The predicted octanol–water partition coefficient (Wildman–Crippen LogP) is 2.91. The van der Waals surface area contributed by atoms with Gasteiger partial charge in [0.1, 0.15) is 0 Å². The Balaban J connectivity index is 3.95. The van der Waals surface area contributed by atoms with E-state index in [1.54, 1.807) is 54.7 Å². The molecule has 0 aromatic heterocycles. The molecular formula is C20H30O5. The maximum Gasteiger partial charge on any atom is 0.303 e. The topological polar surface area (TPSA) is 98.0 Å². The molecule has 0 aromatic carbocycles. The van der Waals surface area contributed by atoms with Gasteiger partial charge in [-0.05, 0) is 25.7 Å². The molecule has 0 aliphatic carbocycles. The zero-order chi connectivity index (χ0) is 18.9. The van der Waals surface area contributed by atoms with Gasteiger partial charge in [-0.3, -0.25) is 4.79 Å². The van der Waals surface area contributed by atoms with Crippen molar-refractivity contribution in [3.05, 3.63) is 60.8 Å². The molecule has 5 nitrogen and oxygen atoms in total. The number of aliphatic hydroxyl groups excluding tert-OH is 3. The lowest BCUT2D eigenvalue weighted by atomic mass is 10.1. The van der Waals surface area contributed by atoms with Crippen LogP contribution in [0.3, 0.4) is 0 Å². The second-order valence-corrected chi connectivity index (χ2v) is 5.60. The summed E-state index contributed by atoms with van der Waals surface area (Å²) in [6, 6.07) is 0. The molecule has 5 heteroatoms. The Morgan fingerprint density at radius 2 is 1.40 bits per heavy atom. The fourth-order valence-corrected chi connectivity index (χ4v) is 1.78. The van der Waals surface area contributed by atoms with Gasteiger partial charge >= 0.3 is 5.97 Å². The molecule has 0 amide bonds. The van der Waals surface area contributed by atoms with Crippen LogP contribution in [0, 0.1) is 0 Å². The molecule has 3 atom stereocenters. The molecule has 0 aromatic rings. The van der Waals surface area contributed by atoms with E-state index < -0.39 is 24.3 Å². The first-order valence-corrected chi connectivity index (χ1v) is 8.56. The molecule has 0 bridgehead atoms. The van der Waals surface area contributed by atoms with Crippen LogP contribution < -0.4 is 0 Å². The molecule has 0 heterocycles. The van der Waals surface area contributed by atoms with Crippen LogP contribution in [0.25, 0.3) is 0 Å². The van der Waals surface area contributed by atoms with Gasteiger partial charge in [0, 0.05) is 6.42 Å². The standard InChI is InChI=1S/C20H30O5/c1-2-17(21)11-8-5-9-14-18(22)12-6-3-4-7-13-19(23)15-10-16-20(24)25/h3-9,11-13,17-19,21-23H,2,10,14-16H2,1H3,(H,24,25)/b4-3+,9-5?,11-8?,12-6?,13-7-/t17-,18+,19-/m1/s1. The van der Waals surface area contributed by atoms with Crippen LogP contribution in [0.5, 0.6) is 0 Å². The smallest absolute Gasteiger partial charge is 0.303 e. The molecule has 0 spiro atoms. The lowest BCUT2D eigenvalue weighted by molar-refractivity contribution is -0.137. The summed E-state index contributed by atoms with van der Waals surface area (Å²) in [6.45, 7) is 1.90. The molecule has 0 saturated heterocycles. The summed E-state index contributed by atoms with van der Waals surface area (Å²) in [5.41, 5.74) is 0. The van der Waals surface area contributed by atoms with Crippen LogP contribution in [-0.2, 0) is 4.79 Å². The van der Waals surface area contributed by atoms with E-state index in [1.165, 1.54) is 0 Å². The summed E-state index contributed by atoms with van der Waals surface area (Å²) >= 11 is 0. The Kier molecular flexibility index (Phi) is 14.4. The number of carbonyl (C=O) groups is 1. The third-order valence-electron chi connectivity index (χ3n) is 3.27. The first-order valence-electron chi connectivity index (χ1n) is 8.56. The molecule has 0 radical (unpaired) electrons. The SMILES string of the molecule is CC[C@@H](O)C=CC=CC[C@@H](O)C=C/C=C/C=C\[C@@H](O)CCCC(=O)O. The number of aliphatic carboxylic acids is 1. The third-order valence-corrected chi connectivity index (χ3v) is 3.27. The average Bonchev–Trinajstić information content (AvgIpc) is 2.57. The second-order valence-electron chi connectivity index (χ2n) is 5.60. The summed E-state index contributed by atoms with van der Waals surface area (Å²) in [5.74, 6) is -0.857. The molecule has 0 unspecified atom stereocenters. The zero-order valence-corrected chi connectivity index (χ0v) is 14.7. The van der Waals surface area contributed by atoms with E-state index in [1.807, 2.05) is 13.0 Å². The minimum atomic E-state index is -0.857. The van der Waals surface area contributed by atoms with Gasteiger partial charge in [-0.25, -0.2) is 0 Å². The molecule has 0 saturated carbocycles. The Labute approximate surface area is 150 Å². The normalized spacial score (nSPS) is 16.6. The molecule has 25 heavy (non-hydrogen) atoms. The van der Waals surface area contributed by atoms with Gasteiger partial charge in [0.25, 0.3) is 0 Å². The maximum atomic E-state index is 10.3. The fraction of sp³-hybridized carbons (Fsp3) is 0.450. The van der Waals surface area contributed by atoms with Crippen molar-refractivity contribution in [1.82, 2.24) is 0 Å². The van der Waals surface area contributed by atoms with Crippen molar-refractivity contribution >= 4 is 5.97 Å². The number of hydrogen-bond acceptors (Lipinski definition) is 4. The number of carboxylic acid groups (broad SMARTS) is 1. The van der Waals surface area contributed by atoms with Gasteiger partial charge in [-0.1, -0.05) is 67.7 Å². The quantitative estimate of drug-likeness (QED) is 0.383. The van der Waals surface area contributed by atoms with Crippen molar-refractivity contribution < 1.29 is 25.2 Å². The van der Waals surface area contributed by atoms with Gasteiger partial charge in [-0.2, -0.15) is 0 Å². The number of aliphatic hydroxyl groups is 3. The van der Waals surface area contributed by atoms with Gasteiger partial charge in [0.15, 0.2) is 0 Å². The van der Waals surface area contributed by atoms with Crippen molar-refractivity contribution in [2.24, 2.45) is 0 Å². The van der Waals surface area contributed by atoms with Gasteiger partial charge in [0.05, 0.1) is 18.3 Å². The largest absolute Gasteiger partial charge is 0.481 e. The lowest BCUT2D eigenvalue weighted by Crippen LogP contribution is -2.03. The highest BCUT2D eigenvalue weighted by atomic mass is 16.4. The summed E-state index contributed by atoms with van der Waals surface area (Å²) in [7, 11) is 0. The third kappa shape index (κ3) is 16.7. The van der Waals surface area contributed by atoms with Crippen LogP contribution in [0.15, 0.2) is 60.8 Å². The van der Waals surface area contributed by atoms with E-state index >= 15 is 0 Å². The monoisotopic (exact) mass is 350 g/mol. The van der Waals surface area contributed by atoms with Crippen LogP contribution in [-0.4, -0.2) is 44.7 Å². The van der Waals surface area contributed by atoms with E-state index in [-0.39, 0.29) is 6.42 Å². The zero-order valence-electron chi connectivity index (χ0n) is 14.7. The van der Waals surface area contributed by atoms with Crippen molar-refractivity contribution in [3.63, 3.8) is 0 Å². The number of rotatable bonds is 13. The van der Waals surface area contributed by atoms with Gasteiger partial charge < -0.3 is 20.4 Å². The van der Waals surface area contributed by atoms with E-state index in [4.69, 9.17) is 5.11 Å². The van der Waals surface area contributed by atoms with Crippen molar-refractivity contribution in [3.8, 4) is 0 Å². The highest BCUT2D eigenvalue weighted by Crippen LogP contribution is 2.02. The number of carboxylic acids is 1. The Morgan fingerprint density at radius 3 is 2.00 bits per heavy atom. The first kappa shape index (κ1) is 23.1. The molecule has 140 valence electrons. The number of allylic oxidation sites excluding steroid dienone is 6. The summed E-state index contributed by atoms with van der Waals surface area (Å²) < 4.78 is 0. The van der Waals surface area contributed by atoms with Crippen LogP contribution in [0.1, 0.15) is 39.0 Å². The maximum absolute atomic E-state index is 10.3. The van der Waals surface area contributed by atoms with Gasteiger partial charge in [-0.15, -0.1) is 0 Å². The highest BCUT2D eigenvalue weighted by molar-refractivity contribution is 5.66. The minimum absolute atomic E-state index is 0.0603. The van der Waals surface area contributed by atoms with Crippen LogP contribution in [0.4, 0.5) is 0 Å². The predicted molar refractivity (Wildman–Crippen MR) is 100 cm³/mol. The minimum Gasteiger partial charge on any atom is -0.481 e. The molecule has 0 aliphatic rings. The Bertz CT molecular complexity index is 488. The van der Waals surface area contributed by atoms with Crippen molar-refractivity contribution in [2.45, 2.75) is 57.3 Å². The Morgan fingerprint density at radius 1 is 0.840 bits per heavy atom. The van der Waals surface area contributed by atoms with E-state index in [9.17, 15) is 20.1 Å². The fourth-order valence-electron chi connectivity index (χ4n) is 1.78. The molecular weight excluding hydrogens is 320 g/mol. The lowest BCUT2D eigenvalue weighted by Gasteiger charge is -2.02. The summed E-state index contributed by atoms with van der Waals surface area (Å²) in [4.78, 5) is 10.3. The van der Waals surface area contributed by atoms with Crippen LogP contribution >= 0.6 is 0 Å². The van der Waals surface area contributed by atoms with E-state index in [2.05, 4.69) is 0 Å².